The molecule has 130 valence electrons. The van der Waals surface area contributed by atoms with Gasteiger partial charge in [-0.3, -0.25) is 18.0 Å². The van der Waals surface area contributed by atoms with Crippen molar-refractivity contribution in [1.29, 1.82) is 0 Å². The fourth-order valence-corrected chi connectivity index (χ4v) is 0.714. The van der Waals surface area contributed by atoms with Crippen LogP contribution in [0, 0.1) is 0 Å². The summed E-state index contributed by atoms with van der Waals surface area (Å²) in [5, 5.41) is 33.8. The van der Waals surface area contributed by atoms with E-state index in [-0.39, 0.29) is 41.5 Å². The Bertz CT molecular complexity index is 415. The second-order valence-corrected chi connectivity index (χ2v) is 3.70. The summed E-state index contributed by atoms with van der Waals surface area (Å²) < 4.78 is 34.1. The zero-order valence-electron chi connectivity index (χ0n) is 11.3. The van der Waals surface area contributed by atoms with Crippen LogP contribution in [-0.4, -0.2) is 84.5 Å². The number of hydrogen-bond acceptors (Lipinski definition) is 11. The third-order valence-electron chi connectivity index (χ3n) is 1.29. The van der Waals surface area contributed by atoms with Gasteiger partial charge in [0.25, 0.3) is 0 Å². The van der Waals surface area contributed by atoms with Gasteiger partial charge >= 0.3 is 41.0 Å². The quantitative estimate of drug-likeness (QED) is 0.151. The molecule has 22 heavy (non-hydrogen) atoms. The monoisotopic (exact) mass is 363 g/mol. The minimum Gasteiger partial charge on any atom is -0.759 e. The van der Waals surface area contributed by atoms with Crippen molar-refractivity contribution in [3.05, 3.63) is 0 Å². The van der Waals surface area contributed by atoms with Gasteiger partial charge in [0.05, 0.1) is 12.8 Å². The van der Waals surface area contributed by atoms with E-state index in [2.05, 4.69) is 0 Å². The van der Waals surface area contributed by atoms with E-state index < -0.39 is 46.7 Å². The van der Waals surface area contributed by atoms with E-state index in [1.807, 2.05) is 0 Å². The number of carboxylic acid groups (broad SMARTS) is 3. The summed E-state index contributed by atoms with van der Waals surface area (Å²) in [7, 11) is -5.17. The first kappa shape index (κ1) is 37.3. The average molecular weight is 364 g/mol. The van der Waals surface area contributed by atoms with E-state index in [0.29, 0.717) is 0 Å². The van der Waals surface area contributed by atoms with Crippen molar-refractivity contribution in [2.24, 2.45) is 0 Å². The van der Waals surface area contributed by atoms with Crippen molar-refractivity contribution in [2.45, 2.75) is 18.4 Å². The fraction of sp³-hybridized carbons (Fsp3) is 0.500. The molecule has 0 saturated heterocycles. The third-order valence-corrected chi connectivity index (χ3v) is 1.29. The Kier molecular flexibility index (Phi) is 25.1. The van der Waals surface area contributed by atoms with Crippen molar-refractivity contribution >= 4 is 51.4 Å². The van der Waals surface area contributed by atoms with Gasteiger partial charge in [0.2, 0.25) is 0 Å². The Labute approximate surface area is 141 Å². The van der Waals surface area contributed by atoms with Gasteiger partial charge in [-0.25, -0.2) is 4.79 Å². The minimum absolute atomic E-state index is 0. The number of rotatable bonds is 5. The molecule has 0 aliphatic heterocycles. The standard InChI is InChI=1S/C6H8O7.Mg.3H3N.H2O4S/c7-3(8)1-6(13,5(11)12)2-4(9)10;;;;;1-5(2,3)4/h13H,1-2H2,(H,7,8)(H,9,10)(H,11,12);;3*1H3;(H2,1,2,3,4)/q;+2;;;;/p-2. The molecule has 0 bridgehead atoms. The van der Waals surface area contributed by atoms with Crippen LogP contribution in [0.4, 0.5) is 0 Å². The summed E-state index contributed by atoms with van der Waals surface area (Å²) in [5.74, 6) is -5.02. The van der Waals surface area contributed by atoms with Gasteiger partial charge in [-0.15, -0.1) is 0 Å². The average Bonchev–Trinajstić information content (AvgIpc) is 1.95. The molecule has 0 aromatic heterocycles. The van der Waals surface area contributed by atoms with Gasteiger partial charge < -0.3 is 48.0 Å². The summed E-state index contributed by atoms with van der Waals surface area (Å²) in [4.78, 5) is 30.5. The molecule has 0 unspecified atom stereocenters. The second-order valence-electron chi connectivity index (χ2n) is 2.89. The predicted octanol–water partition coefficient (Wildman–Crippen LogP) is -2.48. The molecule has 0 fully saturated rings. The molecule has 0 amide bonds. The molecule has 16 heteroatoms. The first-order valence-corrected chi connectivity index (χ1v) is 5.17. The van der Waals surface area contributed by atoms with Gasteiger partial charge in [0, 0.05) is 10.4 Å². The molecule has 0 aliphatic rings. The van der Waals surface area contributed by atoms with Crippen LogP contribution in [0.3, 0.4) is 0 Å². The summed E-state index contributed by atoms with van der Waals surface area (Å²) in [6.07, 6.45) is -2.29. The molecule has 14 nitrogen and oxygen atoms in total. The smallest absolute Gasteiger partial charge is 0.759 e. The topological polar surface area (TPSA) is 317 Å². The van der Waals surface area contributed by atoms with Gasteiger partial charge in [-0.05, 0) is 0 Å². The van der Waals surface area contributed by atoms with Gasteiger partial charge in [-0.1, -0.05) is 0 Å². The number of carbonyl (C=O) groups is 3. The first-order valence-electron chi connectivity index (χ1n) is 3.84. The normalized spacial score (nSPS) is 9.05. The predicted molar refractivity (Wildman–Crippen MR) is 68.4 cm³/mol. The number of aliphatic hydroxyl groups is 1. The number of carboxylic acids is 3. The Morgan fingerprint density at radius 3 is 1.14 bits per heavy atom. The van der Waals surface area contributed by atoms with Gasteiger partial charge in [-0.2, -0.15) is 0 Å². The van der Waals surface area contributed by atoms with E-state index in [1.165, 1.54) is 0 Å². The van der Waals surface area contributed by atoms with Crippen molar-refractivity contribution in [3.63, 3.8) is 0 Å². The SMILES string of the molecule is N.N.N.O=C(O)CC(O)(CC(=O)O)C(=O)O.O=S(=O)([O-])[O-].[Mg+2]. The van der Waals surface area contributed by atoms with Crippen molar-refractivity contribution in [1.82, 2.24) is 18.5 Å². The zero-order valence-corrected chi connectivity index (χ0v) is 13.5. The first-order chi connectivity index (χ1) is 7.78. The van der Waals surface area contributed by atoms with Crippen LogP contribution in [0.1, 0.15) is 12.8 Å². The maximum Gasteiger partial charge on any atom is 2.00 e. The van der Waals surface area contributed by atoms with Crippen LogP contribution in [0.2, 0.25) is 0 Å². The molecule has 0 heterocycles. The van der Waals surface area contributed by atoms with E-state index >= 15 is 0 Å². The summed E-state index contributed by atoms with van der Waals surface area (Å²) in [6.45, 7) is 0. The summed E-state index contributed by atoms with van der Waals surface area (Å²) in [6, 6.07) is 0. The summed E-state index contributed by atoms with van der Waals surface area (Å²) in [5.41, 5.74) is -2.74. The fourth-order valence-electron chi connectivity index (χ4n) is 0.714. The molecular formula is C6H17MgN3O11S. The van der Waals surface area contributed by atoms with Crippen LogP contribution in [0.25, 0.3) is 0 Å². The van der Waals surface area contributed by atoms with Gasteiger partial charge in [0.15, 0.2) is 5.60 Å². The van der Waals surface area contributed by atoms with E-state index in [4.69, 9.17) is 37.9 Å². The minimum atomic E-state index is -5.17. The van der Waals surface area contributed by atoms with Crippen molar-refractivity contribution in [2.75, 3.05) is 0 Å². The van der Waals surface area contributed by atoms with Crippen LogP contribution in [0.15, 0.2) is 0 Å². The summed E-state index contributed by atoms with van der Waals surface area (Å²) >= 11 is 0. The maximum atomic E-state index is 10.3. The van der Waals surface area contributed by atoms with E-state index in [9.17, 15) is 14.4 Å². The maximum absolute atomic E-state index is 10.3. The molecule has 0 saturated carbocycles. The van der Waals surface area contributed by atoms with Crippen LogP contribution in [0.5, 0.6) is 0 Å². The third kappa shape index (κ3) is 27.3. The van der Waals surface area contributed by atoms with Crippen LogP contribution in [-0.2, 0) is 24.8 Å². The Balaban J connectivity index is -0.0000000627. The van der Waals surface area contributed by atoms with E-state index in [1.54, 1.807) is 0 Å². The largest absolute Gasteiger partial charge is 2.00 e. The Morgan fingerprint density at radius 1 is 0.864 bits per heavy atom. The Morgan fingerprint density at radius 2 is 1.05 bits per heavy atom. The van der Waals surface area contributed by atoms with Crippen molar-refractivity contribution < 1.29 is 52.3 Å². The Hall–Kier alpha value is -1.11. The molecule has 0 aromatic rings. The second kappa shape index (κ2) is 14.8. The molecule has 0 spiro atoms. The molecular weight excluding hydrogens is 346 g/mol. The van der Waals surface area contributed by atoms with Gasteiger partial charge in [0.1, 0.15) is 0 Å². The number of aliphatic carboxylic acids is 3. The molecule has 0 radical (unpaired) electrons. The molecule has 0 aromatic carbocycles. The van der Waals surface area contributed by atoms with Crippen LogP contribution >= 0.6 is 0 Å². The molecule has 0 rings (SSSR count). The van der Waals surface area contributed by atoms with E-state index in [0.717, 1.165) is 0 Å². The van der Waals surface area contributed by atoms with Crippen LogP contribution < -0.4 is 18.5 Å². The molecule has 13 N–H and O–H groups in total. The van der Waals surface area contributed by atoms with Crippen molar-refractivity contribution in [3.8, 4) is 0 Å². The molecule has 0 aliphatic carbocycles. The number of hydrogen-bond donors (Lipinski definition) is 7. The zero-order chi connectivity index (χ0) is 15.1. The molecule has 0 atom stereocenters.